The topological polar surface area (TPSA) is 83.8 Å². The molecular weight excluding hydrogens is 426 g/mol. The molecular formula is C19H14ClN7S2. The Hall–Kier alpha value is -2.88. The van der Waals surface area contributed by atoms with Gasteiger partial charge in [0.05, 0.1) is 23.8 Å². The van der Waals surface area contributed by atoms with Crippen molar-refractivity contribution in [3.8, 4) is 11.3 Å². The highest BCUT2D eigenvalue weighted by Crippen LogP contribution is 2.32. The third-order valence-electron chi connectivity index (χ3n) is 4.17. The van der Waals surface area contributed by atoms with E-state index in [1.807, 2.05) is 60.2 Å². The van der Waals surface area contributed by atoms with E-state index < -0.39 is 0 Å². The minimum absolute atomic E-state index is 0.669. The van der Waals surface area contributed by atoms with E-state index in [0.717, 1.165) is 37.5 Å². The van der Waals surface area contributed by atoms with Gasteiger partial charge in [-0.25, -0.2) is 9.97 Å². The summed E-state index contributed by atoms with van der Waals surface area (Å²) in [6.07, 6.45) is 7.42. The molecule has 4 aromatic heterocycles. The first-order valence-corrected chi connectivity index (χ1v) is 10.6. The second-order valence-electron chi connectivity index (χ2n) is 6.27. The number of aromatic amines is 1. The fourth-order valence-corrected chi connectivity index (χ4v) is 4.46. The van der Waals surface area contributed by atoms with E-state index in [-0.39, 0.29) is 0 Å². The number of nitrogens with one attached hydrogen (secondary N) is 2. The Bertz CT molecular complexity index is 1280. The Balaban J connectivity index is 1.62. The molecule has 4 heterocycles. The number of hydrogen-bond acceptors (Lipinski definition) is 7. The number of H-pyrrole nitrogens is 1. The van der Waals surface area contributed by atoms with E-state index in [1.165, 1.54) is 11.5 Å². The van der Waals surface area contributed by atoms with Gasteiger partial charge in [0.1, 0.15) is 10.0 Å². The Kier molecular flexibility index (Phi) is 4.70. The van der Waals surface area contributed by atoms with Gasteiger partial charge in [-0.05, 0) is 48.8 Å². The van der Waals surface area contributed by atoms with Gasteiger partial charge in [-0.2, -0.15) is 9.47 Å². The largest absolute Gasteiger partial charge is 0.328 e. The van der Waals surface area contributed by atoms with Gasteiger partial charge < -0.3 is 5.32 Å². The van der Waals surface area contributed by atoms with Crippen LogP contribution >= 0.6 is 34.9 Å². The maximum Gasteiger partial charge on any atom is 0.181 e. The third kappa shape index (κ3) is 3.71. The van der Waals surface area contributed by atoms with Crippen LogP contribution in [0.5, 0.6) is 0 Å². The molecule has 1 aromatic carbocycles. The number of aryl methyl sites for hydroxylation is 1. The second-order valence-corrected chi connectivity index (χ2v) is 8.60. The number of rotatable bonds is 5. The van der Waals surface area contributed by atoms with Crippen LogP contribution in [0.1, 0.15) is 5.69 Å². The molecule has 0 radical (unpaired) electrons. The molecule has 5 aromatic rings. The minimum atomic E-state index is 0.669. The molecule has 10 heteroatoms. The molecule has 0 spiro atoms. The quantitative estimate of drug-likeness (QED) is 0.379. The zero-order valence-electron chi connectivity index (χ0n) is 15.1. The van der Waals surface area contributed by atoms with Gasteiger partial charge in [-0.3, -0.25) is 9.50 Å². The Morgan fingerprint density at radius 1 is 1.21 bits per heavy atom. The van der Waals surface area contributed by atoms with Crippen molar-refractivity contribution in [3.63, 3.8) is 0 Å². The standard InChI is InChI=1S/C19H14ClN7S2/c1-11-6-16(29-26-11)24-18-19-21-9-15(12-7-22-23-8-12)27(19)10-17(25-18)28-14-4-2-13(20)3-5-14/h2-10H,1H3,(H,22,23)(H,24,25). The van der Waals surface area contributed by atoms with E-state index in [0.29, 0.717) is 10.8 Å². The fourth-order valence-electron chi connectivity index (χ4n) is 2.87. The lowest BCUT2D eigenvalue weighted by molar-refractivity contribution is 1.03. The molecule has 0 atom stereocenters. The fraction of sp³-hybridized carbons (Fsp3) is 0.0526. The highest BCUT2D eigenvalue weighted by molar-refractivity contribution is 7.99. The monoisotopic (exact) mass is 439 g/mol. The molecule has 2 N–H and O–H groups in total. The maximum atomic E-state index is 6.01. The molecule has 0 aliphatic carbocycles. The SMILES string of the molecule is Cc1cc(Nc2nc(Sc3ccc(Cl)cc3)cn3c(-c4cn[nH]c4)cnc23)sn1. The lowest BCUT2D eigenvalue weighted by atomic mass is 10.3. The van der Waals surface area contributed by atoms with Crippen LogP contribution in [0.3, 0.4) is 0 Å². The van der Waals surface area contributed by atoms with Crippen LogP contribution in [0, 0.1) is 6.92 Å². The minimum Gasteiger partial charge on any atom is -0.328 e. The normalized spacial score (nSPS) is 11.2. The molecule has 0 bridgehead atoms. The van der Waals surface area contributed by atoms with E-state index in [1.54, 1.807) is 18.0 Å². The summed E-state index contributed by atoms with van der Waals surface area (Å²) in [5, 5.41) is 12.7. The van der Waals surface area contributed by atoms with Gasteiger partial charge in [0, 0.05) is 27.9 Å². The van der Waals surface area contributed by atoms with Gasteiger partial charge in [0.15, 0.2) is 11.5 Å². The van der Waals surface area contributed by atoms with Crippen molar-refractivity contribution in [1.29, 1.82) is 0 Å². The lowest BCUT2D eigenvalue weighted by Crippen LogP contribution is -1.99. The number of benzene rings is 1. The molecule has 29 heavy (non-hydrogen) atoms. The molecule has 0 unspecified atom stereocenters. The van der Waals surface area contributed by atoms with Crippen LogP contribution in [-0.2, 0) is 0 Å². The summed E-state index contributed by atoms with van der Waals surface area (Å²) in [7, 11) is 0. The van der Waals surface area contributed by atoms with Gasteiger partial charge in [0.2, 0.25) is 0 Å². The summed E-state index contributed by atoms with van der Waals surface area (Å²) in [5.41, 5.74) is 3.57. The van der Waals surface area contributed by atoms with E-state index in [4.69, 9.17) is 16.6 Å². The lowest BCUT2D eigenvalue weighted by Gasteiger charge is -2.09. The summed E-state index contributed by atoms with van der Waals surface area (Å²) in [5.74, 6) is 0.669. The maximum absolute atomic E-state index is 6.01. The molecule has 7 nitrogen and oxygen atoms in total. The smallest absolute Gasteiger partial charge is 0.181 e. The molecule has 0 saturated carbocycles. The first kappa shape index (κ1) is 18.2. The highest BCUT2D eigenvalue weighted by atomic mass is 35.5. The number of hydrogen-bond donors (Lipinski definition) is 2. The summed E-state index contributed by atoms with van der Waals surface area (Å²) in [6.45, 7) is 1.96. The van der Waals surface area contributed by atoms with Gasteiger partial charge >= 0.3 is 0 Å². The number of anilines is 2. The van der Waals surface area contributed by atoms with E-state index in [9.17, 15) is 0 Å². The van der Waals surface area contributed by atoms with Gasteiger partial charge in [0.25, 0.3) is 0 Å². The highest BCUT2D eigenvalue weighted by Gasteiger charge is 2.15. The first-order chi connectivity index (χ1) is 14.2. The Labute approximate surface area is 179 Å². The molecule has 0 aliphatic heterocycles. The van der Waals surface area contributed by atoms with E-state index >= 15 is 0 Å². The number of imidazole rings is 1. The molecule has 0 amide bonds. The van der Waals surface area contributed by atoms with Crippen LogP contribution in [0.15, 0.2) is 65.0 Å². The van der Waals surface area contributed by atoms with Crippen molar-refractivity contribution < 1.29 is 0 Å². The average molecular weight is 440 g/mol. The molecule has 0 fully saturated rings. The Morgan fingerprint density at radius 2 is 2.07 bits per heavy atom. The number of halogens is 1. The van der Waals surface area contributed by atoms with Crippen LogP contribution < -0.4 is 5.32 Å². The summed E-state index contributed by atoms with van der Waals surface area (Å²) < 4.78 is 6.35. The Morgan fingerprint density at radius 3 is 2.79 bits per heavy atom. The van der Waals surface area contributed by atoms with Crippen LogP contribution in [0.2, 0.25) is 5.02 Å². The zero-order chi connectivity index (χ0) is 19.8. The van der Waals surface area contributed by atoms with Crippen molar-refractivity contribution in [2.24, 2.45) is 0 Å². The molecule has 5 rings (SSSR count). The second kappa shape index (κ2) is 7.51. The molecule has 0 saturated heterocycles. The number of nitrogens with zero attached hydrogens (tertiary/aromatic N) is 5. The van der Waals surface area contributed by atoms with Gasteiger partial charge in [-0.15, -0.1) is 0 Å². The summed E-state index contributed by atoms with van der Waals surface area (Å²) in [4.78, 5) is 10.4. The van der Waals surface area contributed by atoms with Crippen molar-refractivity contribution in [2.45, 2.75) is 16.8 Å². The third-order valence-corrected chi connectivity index (χ3v) is 6.13. The first-order valence-electron chi connectivity index (χ1n) is 8.67. The summed E-state index contributed by atoms with van der Waals surface area (Å²) >= 11 is 8.96. The van der Waals surface area contributed by atoms with Crippen molar-refractivity contribution in [1.82, 2.24) is 28.9 Å². The van der Waals surface area contributed by atoms with Crippen molar-refractivity contribution in [3.05, 3.63) is 65.8 Å². The predicted molar refractivity (Wildman–Crippen MR) is 116 cm³/mol. The molecule has 144 valence electrons. The average Bonchev–Trinajstić information content (AvgIpc) is 3.44. The summed E-state index contributed by atoms with van der Waals surface area (Å²) in [6, 6.07) is 9.68. The number of aromatic nitrogens is 6. The van der Waals surface area contributed by atoms with Crippen molar-refractivity contribution >= 4 is 51.4 Å². The zero-order valence-corrected chi connectivity index (χ0v) is 17.5. The number of fused-ring (bicyclic) bond motifs is 1. The predicted octanol–water partition coefficient (Wildman–Crippen LogP) is 5.43. The molecule has 0 aliphatic rings. The van der Waals surface area contributed by atoms with Crippen LogP contribution in [0.25, 0.3) is 16.9 Å². The van der Waals surface area contributed by atoms with Crippen molar-refractivity contribution in [2.75, 3.05) is 5.32 Å². The van der Waals surface area contributed by atoms with Crippen LogP contribution in [-0.4, -0.2) is 28.9 Å². The van der Waals surface area contributed by atoms with Gasteiger partial charge in [-0.1, -0.05) is 23.4 Å². The van der Waals surface area contributed by atoms with E-state index in [2.05, 4.69) is 24.9 Å². The van der Waals surface area contributed by atoms with Crippen LogP contribution in [0.4, 0.5) is 10.8 Å².